The van der Waals surface area contributed by atoms with Gasteiger partial charge in [0.15, 0.2) is 5.78 Å². The summed E-state index contributed by atoms with van der Waals surface area (Å²) in [7, 11) is 0. The third-order valence-corrected chi connectivity index (χ3v) is 10.4. The Morgan fingerprint density at radius 1 is 0.964 bits per heavy atom. The topological polar surface area (TPSA) is 50.4 Å². The lowest BCUT2D eigenvalue weighted by Gasteiger charge is -2.69. The van der Waals surface area contributed by atoms with Crippen LogP contribution in [0.5, 0.6) is 0 Å². The van der Waals surface area contributed by atoms with E-state index in [4.69, 9.17) is 4.42 Å². The van der Waals surface area contributed by atoms with Gasteiger partial charge in [0.25, 0.3) is 0 Å². The van der Waals surface area contributed by atoms with Gasteiger partial charge in [-0.05, 0) is 66.1 Å². The molecule has 4 aliphatic carbocycles. The maximum Gasteiger partial charge on any atom is 0.166 e. The molecule has 0 radical (unpaired) electrons. The Bertz CT molecular complexity index is 822. The molecule has 1 aromatic heterocycles. The van der Waals surface area contributed by atoms with Gasteiger partial charge in [0.1, 0.15) is 6.26 Å². The van der Waals surface area contributed by atoms with Crippen LogP contribution in [0.1, 0.15) is 95.5 Å². The first kappa shape index (κ1) is 18.9. The smallest absolute Gasteiger partial charge is 0.166 e. The van der Waals surface area contributed by atoms with Crippen molar-refractivity contribution >= 4 is 5.78 Å². The molecule has 0 aromatic carbocycles. The van der Waals surface area contributed by atoms with Crippen molar-refractivity contribution in [2.24, 2.45) is 34.0 Å². The van der Waals surface area contributed by atoms with Gasteiger partial charge >= 0.3 is 0 Å². The summed E-state index contributed by atoms with van der Waals surface area (Å²) in [6.07, 6.45) is 10.6. The summed E-state index contributed by atoms with van der Waals surface area (Å²) in [5.74, 6) is 1.59. The molecule has 0 bridgehead atoms. The Balaban J connectivity index is 1.64. The Hall–Kier alpha value is -1.09. The first-order valence-corrected chi connectivity index (χ1v) is 11.3. The lowest BCUT2D eigenvalue weighted by atomic mass is 9.35. The van der Waals surface area contributed by atoms with Crippen molar-refractivity contribution in [2.45, 2.75) is 91.1 Å². The number of furan rings is 1. The van der Waals surface area contributed by atoms with Crippen LogP contribution in [0.25, 0.3) is 0 Å². The van der Waals surface area contributed by atoms with Crippen LogP contribution in [0.2, 0.25) is 0 Å². The number of fused-ring (bicyclic) bond motifs is 7. The normalized spacial score (nSPS) is 49.6. The molecule has 3 saturated carbocycles. The van der Waals surface area contributed by atoms with Crippen LogP contribution < -0.4 is 0 Å². The monoisotopic (exact) mass is 384 g/mol. The van der Waals surface area contributed by atoms with Gasteiger partial charge < -0.3 is 9.52 Å². The summed E-state index contributed by atoms with van der Waals surface area (Å²) in [6.45, 7) is 12.1. The number of rotatable bonds is 0. The van der Waals surface area contributed by atoms with Crippen LogP contribution in [0.4, 0.5) is 0 Å². The predicted octanol–water partition coefficient (Wildman–Crippen LogP) is 5.75. The SMILES string of the molecule is CC1(C)CCC[C@@]2(C)C1CC[C@@]1(C)[C@@H]3CC(=O)c4cocc4[C@@]3(C)[C@H](O)C[C@@H]12. The predicted molar refractivity (Wildman–Crippen MR) is 109 cm³/mol. The summed E-state index contributed by atoms with van der Waals surface area (Å²) in [6, 6.07) is 0. The van der Waals surface area contributed by atoms with Crippen LogP contribution in [-0.2, 0) is 5.41 Å². The Morgan fingerprint density at radius 2 is 1.68 bits per heavy atom. The molecule has 3 nitrogen and oxygen atoms in total. The highest BCUT2D eigenvalue weighted by molar-refractivity contribution is 5.99. The van der Waals surface area contributed by atoms with Crippen LogP contribution in [-0.4, -0.2) is 17.0 Å². The van der Waals surface area contributed by atoms with Gasteiger partial charge in [-0.15, -0.1) is 0 Å². The molecule has 1 heterocycles. The van der Waals surface area contributed by atoms with Crippen molar-refractivity contribution in [3.8, 4) is 0 Å². The Morgan fingerprint density at radius 3 is 2.43 bits per heavy atom. The summed E-state index contributed by atoms with van der Waals surface area (Å²) >= 11 is 0. The fourth-order valence-corrected chi connectivity index (χ4v) is 9.07. The number of ketones is 1. The fourth-order valence-electron chi connectivity index (χ4n) is 9.07. The van der Waals surface area contributed by atoms with E-state index in [9.17, 15) is 9.90 Å². The van der Waals surface area contributed by atoms with E-state index in [-0.39, 0.29) is 27.9 Å². The highest BCUT2D eigenvalue weighted by Gasteiger charge is 2.68. The number of carbonyl (C=O) groups is 1. The van der Waals surface area contributed by atoms with E-state index in [1.807, 2.05) is 0 Å². The van der Waals surface area contributed by atoms with Gasteiger partial charge in [0.05, 0.1) is 17.9 Å². The van der Waals surface area contributed by atoms with Crippen molar-refractivity contribution in [3.05, 3.63) is 23.7 Å². The maximum absolute atomic E-state index is 13.0. The molecular formula is C25H36O3. The summed E-state index contributed by atoms with van der Waals surface area (Å²) < 4.78 is 5.47. The minimum atomic E-state index is -0.416. The lowest BCUT2D eigenvalue weighted by Crippen LogP contribution is -2.66. The third kappa shape index (κ3) is 2.07. The van der Waals surface area contributed by atoms with Crippen LogP contribution >= 0.6 is 0 Å². The van der Waals surface area contributed by atoms with Crippen molar-refractivity contribution in [2.75, 3.05) is 0 Å². The van der Waals surface area contributed by atoms with Crippen LogP contribution in [0.3, 0.4) is 0 Å². The molecule has 0 saturated heterocycles. The van der Waals surface area contributed by atoms with Gasteiger partial charge in [-0.1, -0.05) is 41.0 Å². The molecule has 1 N–H and O–H groups in total. The zero-order chi connectivity index (χ0) is 20.1. The Labute approximate surface area is 169 Å². The van der Waals surface area contributed by atoms with Crippen LogP contribution in [0.15, 0.2) is 16.9 Å². The van der Waals surface area contributed by atoms with E-state index in [0.29, 0.717) is 29.2 Å². The standard InChI is InChI=1S/C25H36O3/c1-22(2)8-6-9-23(3)18(22)7-10-24(4)19(23)12-21(27)25(5)16-14-28-13-15(16)17(26)11-20(24)25/h13-14,18-21,27H,6-12H2,1-5H3/t18?,19-,20+,21-,23+,24-,25-/m1/s1. The molecule has 0 amide bonds. The van der Waals surface area contributed by atoms with E-state index in [2.05, 4.69) is 34.6 Å². The van der Waals surface area contributed by atoms with Gasteiger partial charge in [-0.25, -0.2) is 0 Å². The third-order valence-electron chi connectivity index (χ3n) is 10.4. The fraction of sp³-hybridized carbons (Fsp3) is 0.800. The molecular weight excluding hydrogens is 348 g/mol. The van der Waals surface area contributed by atoms with Gasteiger partial charge in [0, 0.05) is 17.4 Å². The lowest BCUT2D eigenvalue weighted by molar-refractivity contribution is -0.204. The van der Waals surface area contributed by atoms with E-state index in [1.165, 1.54) is 32.1 Å². The number of aliphatic hydroxyl groups is 1. The minimum Gasteiger partial charge on any atom is -0.472 e. The maximum atomic E-state index is 13.0. The Kier molecular flexibility index (Phi) is 3.74. The summed E-state index contributed by atoms with van der Waals surface area (Å²) in [5, 5.41) is 11.6. The molecule has 1 unspecified atom stereocenters. The van der Waals surface area contributed by atoms with Crippen molar-refractivity contribution in [1.82, 2.24) is 0 Å². The van der Waals surface area contributed by atoms with Crippen molar-refractivity contribution in [3.63, 3.8) is 0 Å². The number of hydrogen-bond acceptors (Lipinski definition) is 3. The second-order valence-electron chi connectivity index (χ2n) is 11.9. The second kappa shape index (κ2) is 5.53. The molecule has 7 atom stereocenters. The largest absolute Gasteiger partial charge is 0.472 e. The number of hydrogen-bond donors (Lipinski definition) is 1. The summed E-state index contributed by atoms with van der Waals surface area (Å²) in [4.78, 5) is 13.0. The zero-order valence-electron chi connectivity index (χ0n) is 18.2. The van der Waals surface area contributed by atoms with E-state index >= 15 is 0 Å². The molecule has 5 rings (SSSR count). The molecule has 28 heavy (non-hydrogen) atoms. The average molecular weight is 385 g/mol. The molecule has 0 spiro atoms. The average Bonchev–Trinajstić information content (AvgIpc) is 3.10. The van der Waals surface area contributed by atoms with Crippen LogP contribution in [0, 0.1) is 34.0 Å². The van der Waals surface area contributed by atoms with E-state index < -0.39 is 6.10 Å². The first-order chi connectivity index (χ1) is 13.0. The van der Waals surface area contributed by atoms with E-state index in [0.717, 1.165) is 12.0 Å². The van der Waals surface area contributed by atoms with Crippen molar-refractivity contribution < 1.29 is 14.3 Å². The number of Topliss-reactive ketones (excluding diaryl/α,β-unsaturated/α-hetero) is 1. The zero-order valence-corrected chi connectivity index (χ0v) is 18.2. The number of aliphatic hydroxyl groups excluding tert-OH is 1. The summed E-state index contributed by atoms with van der Waals surface area (Å²) in [5.41, 5.74) is 2.01. The molecule has 3 heteroatoms. The molecule has 4 aliphatic rings. The quantitative estimate of drug-likeness (QED) is 0.619. The first-order valence-electron chi connectivity index (χ1n) is 11.3. The van der Waals surface area contributed by atoms with E-state index in [1.54, 1.807) is 12.5 Å². The van der Waals surface area contributed by atoms with Crippen molar-refractivity contribution in [1.29, 1.82) is 0 Å². The highest BCUT2D eigenvalue weighted by atomic mass is 16.3. The van der Waals surface area contributed by atoms with Gasteiger partial charge in [-0.2, -0.15) is 0 Å². The molecule has 1 aromatic rings. The van der Waals surface area contributed by atoms with Gasteiger partial charge in [-0.3, -0.25) is 4.79 Å². The highest BCUT2D eigenvalue weighted by Crippen LogP contribution is 2.72. The minimum absolute atomic E-state index is 0.0945. The second-order valence-corrected chi connectivity index (χ2v) is 11.9. The number of carbonyl (C=O) groups excluding carboxylic acids is 1. The molecule has 3 fully saturated rings. The van der Waals surface area contributed by atoms with Gasteiger partial charge in [0.2, 0.25) is 0 Å². The molecule has 154 valence electrons. The molecule has 0 aliphatic heterocycles.